The molecule has 0 saturated carbocycles. The van der Waals surface area contributed by atoms with Crippen molar-refractivity contribution in [3.63, 3.8) is 0 Å². The zero-order chi connectivity index (χ0) is 15.0. The van der Waals surface area contributed by atoms with E-state index in [-0.39, 0.29) is 11.5 Å². The van der Waals surface area contributed by atoms with E-state index >= 15 is 0 Å². The molecule has 0 fully saturated rings. The molecular formula is C15H14BrN3O2. The molecule has 0 N–H and O–H groups in total. The zero-order valence-corrected chi connectivity index (χ0v) is 13.1. The summed E-state index contributed by atoms with van der Waals surface area (Å²) in [5, 5.41) is 0. The molecule has 2 aromatic heterocycles. The van der Waals surface area contributed by atoms with Gasteiger partial charge in [0.2, 0.25) is 0 Å². The SMILES string of the molecule is Cn1cc(Br)c(C(=O)N2CCCc3ncccc32)cc1=O. The Morgan fingerprint density at radius 2 is 2.24 bits per heavy atom. The van der Waals surface area contributed by atoms with Crippen molar-refractivity contribution in [3.05, 3.63) is 56.7 Å². The van der Waals surface area contributed by atoms with Crippen LogP contribution in [0.3, 0.4) is 0 Å². The van der Waals surface area contributed by atoms with Crippen molar-refractivity contribution in [1.82, 2.24) is 9.55 Å². The van der Waals surface area contributed by atoms with Gasteiger partial charge < -0.3 is 9.47 Å². The first-order valence-electron chi connectivity index (χ1n) is 6.70. The van der Waals surface area contributed by atoms with Crippen molar-refractivity contribution in [1.29, 1.82) is 0 Å². The van der Waals surface area contributed by atoms with E-state index in [4.69, 9.17) is 0 Å². The fourth-order valence-electron chi connectivity index (χ4n) is 2.51. The van der Waals surface area contributed by atoms with Crippen LogP contribution >= 0.6 is 15.9 Å². The molecule has 0 aromatic carbocycles. The largest absolute Gasteiger partial charge is 0.317 e. The molecule has 0 bridgehead atoms. The molecule has 108 valence electrons. The van der Waals surface area contributed by atoms with Crippen LogP contribution in [0.15, 0.2) is 39.9 Å². The van der Waals surface area contributed by atoms with Gasteiger partial charge in [-0.05, 0) is 40.9 Å². The molecule has 0 spiro atoms. The lowest BCUT2D eigenvalue weighted by Gasteiger charge is -2.29. The second kappa shape index (κ2) is 5.44. The minimum Gasteiger partial charge on any atom is -0.317 e. The molecule has 21 heavy (non-hydrogen) atoms. The lowest BCUT2D eigenvalue weighted by Crippen LogP contribution is -2.36. The van der Waals surface area contributed by atoms with Crippen molar-refractivity contribution in [2.45, 2.75) is 12.8 Å². The predicted molar refractivity (Wildman–Crippen MR) is 83.6 cm³/mol. The maximum absolute atomic E-state index is 12.8. The van der Waals surface area contributed by atoms with E-state index in [1.807, 2.05) is 12.1 Å². The van der Waals surface area contributed by atoms with Gasteiger partial charge in [-0.2, -0.15) is 0 Å². The number of pyridine rings is 2. The lowest BCUT2D eigenvalue weighted by molar-refractivity contribution is 0.0984. The molecule has 0 radical (unpaired) electrons. The van der Waals surface area contributed by atoms with Gasteiger partial charge in [0.25, 0.3) is 11.5 Å². The fraction of sp³-hybridized carbons (Fsp3) is 0.267. The Morgan fingerprint density at radius 1 is 1.43 bits per heavy atom. The summed E-state index contributed by atoms with van der Waals surface area (Å²) in [7, 11) is 1.65. The Bertz CT molecular complexity index is 770. The van der Waals surface area contributed by atoms with Crippen molar-refractivity contribution in [2.75, 3.05) is 11.4 Å². The second-order valence-electron chi connectivity index (χ2n) is 5.01. The Kier molecular flexibility index (Phi) is 3.63. The van der Waals surface area contributed by atoms with E-state index in [1.54, 1.807) is 24.3 Å². The summed E-state index contributed by atoms with van der Waals surface area (Å²) < 4.78 is 2.05. The number of aryl methyl sites for hydroxylation is 2. The third kappa shape index (κ3) is 2.51. The Labute approximate surface area is 130 Å². The van der Waals surface area contributed by atoms with Gasteiger partial charge in [0.1, 0.15) is 0 Å². The van der Waals surface area contributed by atoms with E-state index in [9.17, 15) is 9.59 Å². The molecule has 1 aliphatic heterocycles. The molecule has 5 nitrogen and oxygen atoms in total. The summed E-state index contributed by atoms with van der Waals surface area (Å²) in [6.07, 6.45) is 5.10. The van der Waals surface area contributed by atoms with E-state index < -0.39 is 0 Å². The highest BCUT2D eigenvalue weighted by Gasteiger charge is 2.25. The van der Waals surface area contributed by atoms with Crippen LogP contribution < -0.4 is 10.5 Å². The van der Waals surface area contributed by atoms with Crippen LogP contribution in [0.2, 0.25) is 0 Å². The smallest absolute Gasteiger partial charge is 0.259 e. The third-order valence-electron chi connectivity index (χ3n) is 3.61. The predicted octanol–water partition coefficient (Wildman–Crippen LogP) is 2.14. The highest BCUT2D eigenvalue weighted by Crippen LogP contribution is 2.27. The zero-order valence-electron chi connectivity index (χ0n) is 11.5. The number of halogens is 1. The lowest BCUT2D eigenvalue weighted by atomic mass is 10.1. The highest BCUT2D eigenvalue weighted by atomic mass is 79.9. The van der Waals surface area contributed by atoms with Crippen LogP contribution in [0.5, 0.6) is 0 Å². The normalized spacial score (nSPS) is 13.9. The Balaban J connectivity index is 2.05. The number of nitrogens with zero attached hydrogens (tertiary/aromatic N) is 3. The molecule has 6 heteroatoms. The van der Waals surface area contributed by atoms with Crippen LogP contribution in [0.4, 0.5) is 5.69 Å². The number of carbonyl (C=O) groups is 1. The highest BCUT2D eigenvalue weighted by molar-refractivity contribution is 9.10. The summed E-state index contributed by atoms with van der Waals surface area (Å²) in [4.78, 5) is 30.6. The number of hydrogen-bond donors (Lipinski definition) is 0. The van der Waals surface area contributed by atoms with Gasteiger partial charge >= 0.3 is 0 Å². The number of aromatic nitrogens is 2. The summed E-state index contributed by atoms with van der Waals surface area (Å²) in [6.45, 7) is 0.638. The topological polar surface area (TPSA) is 55.2 Å². The van der Waals surface area contributed by atoms with Crippen LogP contribution in [0.1, 0.15) is 22.5 Å². The van der Waals surface area contributed by atoms with Crippen LogP contribution in [-0.2, 0) is 13.5 Å². The Hall–Kier alpha value is -1.95. The van der Waals surface area contributed by atoms with Gasteiger partial charge in [0, 0.05) is 36.5 Å². The number of rotatable bonds is 1. The molecule has 2 aromatic rings. The van der Waals surface area contributed by atoms with E-state index in [0.717, 1.165) is 24.2 Å². The molecular weight excluding hydrogens is 334 g/mol. The number of carbonyl (C=O) groups excluding carboxylic acids is 1. The van der Waals surface area contributed by atoms with Gasteiger partial charge in [-0.15, -0.1) is 0 Å². The van der Waals surface area contributed by atoms with Crippen LogP contribution in [0.25, 0.3) is 0 Å². The van der Waals surface area contributed by atoms with Gasteiger partial charge in [-0.25, -0.2) is 0 Å². The third-order valence-corrected chi connectivity index (χ3v) is 4.24. The molecule has 0 saturated heterocycles. The van der Waals surface area contributed by atoms with Crippen LogP contribution in [0, 0.1) is 0 Å². The monoisotopic (exact) mass is 347 g/mol. The molecule has 3 heterocycles. The summed E-state index contributed by atoms with van der Waals surface area (Å²) in [6, 6.07) is 5.09. The number of anilines is 1. The van der Waals surface area contributed by atoms with Crippen molar-refractivity contribution < 1.29 is 4.79 Å². The minimum absolute atomic E-state index is 0.173. The van der Waals surface area contributed by atoms with Gasteiger partial charge in [0.15, 0.2) is 0 Å². The molecule has 0 atom stereocenters. The van der Waals surface area contributed by atoms with Crippen molar-refractivity contribution in [2.24, 2.45) is 7.05 Å². The Morgan fingerprint density at radius 3 is 3.05 bits per heavy atom. The average molecular weight is 348 g/mol. The first-order valence-corrected chi connectivity index (χ1v) is 7.49. The first kappa shape index (κ1) is 14.0. The van der Waals surface area contributed by atoms with Crippen molar-refractivity contribution in [3.8, 4) is 0 Å². The molecule has 0 unspecified atom stereocenters. The maximum Gasteiger partial charge on any atom is 0.259 e. The maximum atomic E-state index is 12.8. The summed E-state index contributed by atoms with van der Waals surface area (Å²) in [5.41, 5.74) is 1.94. The first-order chi connectivity index (χ1) is 10.1. The molecule has 0 aliphatic carbocycles. The standard InChI is InChI=1S/C15H14BrN3O2/c1-18-9-11(16)10(8-14(18)20)15(21)19-7-3-4-12-13(19)5-2-6-17-12/h2,5-6,8-9H,3-4,7H2,1H3. The molecule has 1 amide bonds. The summed E-state index contributed by atoms with van der Waals surface area (Å²) >= 11 is 3.37. The van der Waals surface area contributed by atoms with Gasteiger partial charge in [-0.1, -0.05) is 0 Å². The number of hydrogen-bond acceptors (Lipinski definition) is 3. The summed E-state index contributed by atoms with van der Waals surface area (Å²) in [5.74, 6) is -0.173. The number of fused-ring (bicyclic) bond motifs is 1. The van der Waals surface area contributed by atoms with Crippen LogP contribution in [-0.4, -0.2) is 22.0 Å². The molecule has 1 aliphatic rings. The quantitative estimate of drug-likeness (QED) is 0.794. The fourth-order valence-corrected chi connectivity index (χ4v) is 3.10. The van der Waals surface area contributed by atoms with Gasteiger partial charge in [0.05, 0.1) is 16.9 Å². The molecule has 3 rings (SSSR count). The average Bonchev–Trinajstić information content (AvgIpc) is 2.49. The van der Waals surface area contributed by atoms with E-state index in [2.05, 4.69) is 20.9 Å². The van der Waals surface area contributed by atoms with Gasteiger partial charge in [-0.3, -0.25) is 14.6 Å². The number of amides is 1. The van der Waals surface area contributed by atoms with E-state index in [0.29, 0.717) is 16.6 Å². The van der Waals surface area contributed by atoms with Crippen molar-refractivity contribution >= 4 is 27.5 Å². The minimum atomic E-state index is -0.204. The van der Waals surface area contributed by atoms with E-state index in [1.165, 1.54) is 10.6 Å². The second-order valence-corrected chi connectivity index (χ2v) is 5.87.